The summed E-state index contributed by atoms with van der Waals surface area (Å²) in [6.07, 6.45) is 1.79. The van der Waals surface area contributed by atoms with Crippen LogP contribution in [0.5, 0.6) is 23.0 Å². The summed E-state index contributed by atoms with van der Waals surface area (Å²) in [5.41, 5.74) is 4.72. The highest BCUT2D eigenvalue weighted by molar-refractivity contribution is 5.96. The van der Waals surface area contributed by atoms with Crippen LogP contribution in [0.2, 0.25) is 0 Å². The second-order valence-electron chi connectivity index (χ2n) is 6.48. The fourth-order valence-corrected chi connectivity index (χ4v) is 3.73. The fraction of sp³-hybridized carbons (Fsp3) is 0. The Hall–Kier alpha value is -3.79. The summed E-state index contributed by atoms with van der Waals surface area (Å²) in [6, 6.07) is 26.0. The number of para-hydroxylation sites is 4. The van der Waals surface area contributed by atoms with Gasteiger partial charge in [0.05, 0.1) is 17.1 Å². The van der Waals surface area contributed by atoms with E-state index in [0.29, 0.717) is 0 Å². The zero-order valence-corrected chi connectivity index (χ0v) is 14.3. The zero-order chi connectivity index (χ0) is 17.8. The molecule has 0 amide bonds. The van der Waals surface area contributed by atoms with Crippen LogP contribution in [0, 0.1) is 0 Å². The number of fused-ring (bicyclic) bond motifs is 4. The first-order valence-electron chi connectivity index (χ1n) is 8.82. The van der Waals surface area contributed by atoms with Crippen molar-refractivity contribution >= 4 is 17.1 Å². The van der Waals surface area contributed by atoms with Crippen LogP contribution in [0.4, 0.5) is 17.1 Å². The van der Waals surface area contributed by atoms with E-state index in [2.05, 4.69) is 22.0 Å². The fourth-order valence-electron chi connectivity index (χ4n) is 3.73. The Morgan fingerprint density at radius 2 is 1.33 bits per heavy atom. The van der Waals surface area contributed by atoms with Gasteiger partial charge >= 0.3 is 0 Å². The molecule has 0 N–H and O–H groups in total. The number of anilines is 3. The van der Waals surface area contributed by atoms with Gasteiger partial charge in [0.15, 0.2) is 23.0 Å². The first kappa shape index (κ1) is 14.4. The number of nitrogens with zero attached hydrogens (tertiary/aromatic N) is 2. The maximum Gasteiger partial charge on any atom is 0.164 e. The lowest BCUT2D eigenvalue weighted by atomic mass is 10.0. The van der Waals surface area contributed by atoms with E-state index in [1.54, 1.807) is 6.20 Å². The molecule has 128 valence electrons. The van der Waals surface area contributed by atoms with E-state index in [1.807, 2.05) is 66.7 Å². The van der Waals surface area contributed by atoms with E-state index in [4.69, 9.17) is 9.47 Å². The lowest BCUT2D eigenvalue weighted by Crippen LogP contribution is -2.20. The van der Waals surface area contributed by atoms with Crippen LogP contribution in [0.3, 0.4) is 0 Å². The smallest absolute Gasteiger partial charge is 0.164 e. The molecule has 0 aliphatic carbocycles. The molecule has 4 nitrogen and oxygen atoms in total. The highest BCUT2D eigenvalue weighted by Gasteiger charge is 2.35. The molecule has 4 aromatic rings. The van der Waals surface area contributed by atoms with Crippen molar-refractivity contribution in [1.29, 1.82) is 0 Å². The maximum atomic E-state index is 6.36. The second kappa shape index (κ2) is 5.35. The maximum absolute atomic E-state index is 6.36. The molecular formula is C23H14N2O2. The Morgan fingerprint density at radius 1 is 0.630 bits per heavy atom. The van der Waals surface area contributed by atoms with Crippen molar-refractivity contribution in [2.45, 2.75) is 0 Å². The summed E-state index contributed by atoms with van der Waals surface area (Å²) < 4.78 is 12.6. The summed E-state index contributed by atoms with van der Waals surface area (Å²) >= 11 is 0. The molecule has 4 heteroatoms. The number of pyridine rings is 1. The van der Waals surface area contributed by atoms with Crippen molar-refractivity contribution in [1.82, 2.24) is 4.98 Å². The van der Waals surface area contributed by atoms with Crippen molar-refractivity contribution in [3.8, 4) is 34.3 Å². The first-order chi connectivity index (χ1) is 13.4. The van der Waals surface area contributed by atoms with Crippen molar-refractivity contribution in [2.75, 3.05) is 4.90 Å². The molecule has 2 aliphatic rings. The van der Waals surface area contributed by atoms with Crippen LogP contribution in [0.15, 0.2) is 85.1 Å². The minimum Gasteiger partial charge on any atom is -0.453 e. The Morgan fingerprint density at radius 3 is 2.07 bits per heavy atom. The van der Waals surface area contributed by atoms with Crippen molar-refractivity contribution in [3.05, 3.63) is 85.1 Å². The number of aromatic nitrogens is 1. The minimum atomic E-state index is 0.763. The predicted molar refractivity (Wildman–Crippen MR) is 105 cm³/mol. The van der Waals surface area contributed by atoms with Crippen LogP contribution >= 0.6 is 0 Å². The van der Waals surface area contributed by atoms with Crippen LogP contribution in [-0.4, -0.2) is 4.98 Å². The molecule has 2 aliphatic heterocycles. The number of hydrogen-bond donors (Lipinski definition) is 0. The molecule has 0 fully saturated rings. The van der Waals surface area contributed by atoms with Crippen LogP contribution in [0.1, 0.15) is 0 Å². The van der Waals surface area contributed by atoms with E-state index in [9.17, 15) is 0 Å². The second-order valence-corrected chi connectivity index (χ2v) is 6.48. The number of hydrogen-bond acceptors (Lipinski definition) is 4. The summed E-state index contributed by atoms with van der Waals surface area (Å²) in [5, 5.41) is 0. The van der Waals surface area contributed by atoms with Crippen LogP contribution in [0.25, 0.3) is 11.3 Å². The van der Waals surface area contributed by atoms with Crippen molar-refractivity contribution in [3.63, 3.8) is 0 Å². The number of benzene rings is 3. The van der Waals surface area contributed by atoms with Gasteiger partial charge in [-0.1, -0.05) is 30.3 Å². The Kier molecular flexibility index (Phi) is 2.85. The van der Waals surface area contributed by atoms with E-state index < -0.39 is 0 Å². The molecule has 0 saturated carbocycles. The quantitative estimate of drug-likeness (QED) is 0.342. The van der Waals surface area contributed by atoms with Gasteiger partial charge in [0.1, 0.15) is 5.69 Å². The van der Waals surface area contributed by atoms with E-state index in [-0.39, 0.29) is 0 Å². The molecular weight excluding hydrogens is 336 g/mol. The van der Waals surface area contributed by atoms with Crippen LogP contribution < -0.4 is 14.4 Å². The van der Waals surface area contributed by atoms with Gasteiger partial charge in [-0.3, -0.25) is 9.88 Å². The molecule has 0 radical (unpaired) electrons. The average molecular weight is 350 g/mol. The summed E-state index contributed by atoms with van der Waals surface area (Å²) in [6.45, 7) is 0. The highest BCUT2D eigenvalue weighted by Crippen LogP contribution is 2.61. The highest BCUT2D eigenvalue weighted by atomic mass is 16.5. The van der Waals surface area contributed by atoms with E-state index in [0.717, 1.165) is 51.3 Å². The largest absolute Gasteiger partial charge is 0.453 e. The number of rotatable bonds is 1. The molecule has 0 spiro atoms. The van der Waals surface area contributed by atoms with Gasteiger partial charge in [0.25, 0.3) is 0 Å². The van der Waals surface area contributed by atoms with Gasteiger partial charge in [-0.05, 0) is 48.5 Å². The third-order valence-corrected chi connectivity index (χ3v) is 4.90. The summed E-state index contributed by atoms with van der Waals surface area (Å²) in [4.78, 5) is 6.73. The third kappa shape index (κ3) is 2.01. The monoisotopic (exact) mass is 350 g/mol. The van der Waals surface area contributed by atoms with E-state index >= 15 is 0 Å². The molecule has 6 rings (SSSR count). The van der Waals surface area contributed by atoms with Gasteiger partial charge in [-0.25, -0.2) is 0 Å². The van der Waals surface area contributed by atoms with Crippen molar-refractivity contribution < 1.29 is 9.47 Å². The van der Waals surface area contributed by atoms with Crippen molar-refractivity contribution in [2.24, 2.45) is 0 Å². The van der Waals surface area contributed by atoms with Gasteiger partial charge in [0, 0.05) is 11.8 Å². The lowest BCUT2D eigenvalue weighted by Gasteiger charge is -2.38. The summed E-state index contributed by atoms with van der Waals surface area (Å²) in [7, 11) is 0. The molecule has 0 saturated heterocycles. The molecule has 1 aromatic heterocycles. The molecule has 3 aromatic carbocycles. The first-order valence-corrected chi connectivity index (χ1v) is 8.82. The molecule has 0 bridgehead atoms. The minimum absolute atomic E-state index is 0.763. The van der Waals surface area contributed by atoms with Gasteiger partial charge < -0.3 is 9.47 Å². The standard InChI is InChI=1S/C23H14N2O2/c1-3-10-19-17(8-1)25-18-9-2-4-11-20(18)27-23-15(16-7-5-6-14-24-16)12-13-21(26-19)22(23)25/h1-14H. The summed E-state index contributed by atoms with van der Waals surface area (Å²) in [5.74, 6) is 3.19. The molecule has 27 heavy (non-hydrogen) atoms. The zero-order valence-electron chi connectivity index (χ0n) is 14.3. The molecule has 0 atom stereocenters. The SMILES string of the molecule is c1ccc(-c2ccc3c4c2Oc2ccccc2N4c2ccccc2O3)nc1. The predicted octanol–water partition coefficient (Wildman–Crippen LogP) is 6.43. The normalized spacial score (nSPS) is 13.0. The Labute approximate surface area is 156 Å². The van der Waals surface area contributed by atoms with Crippen LogP contribution in [-0.2, 0) is 0 Å². The Balaban J connectivity index is 1.68. The van der Waals surface area contributed by atoms with Gasteiger partial charge in [-0.2, -0.15) is 0 Å². The molecule has 3 heterocycles. The lowest BCUT2D eigenvalue weighted by molar-refractivity contribution is 0.447. The molecule has 0 unspecified atom stereocenters. The topological polar surface area (TPSA) is 34.6 Å². The third-order valence-electron chi connectivity index (χ3n) is 4.90. The average Bonchev–Trinajstić information content (AvgIpc) is 2.74. The van der Waals surface area contributed by atoms with Gasteiger partial charge in [0.2, 0.25) is 0 Å². The number of ether oxygens (including phenoxy) is 2. The van der Waals surface area contributed by atoms with Gasteiger partial charge in [-0.15, -0.1) is 0 Å². The Bertz CT molecular complexity index is 1180. The van der Waals surface area contributed by atoms with E-state index in [1.165, 1.54) is 0 Å².